The average Bonchev–Trinajstić information content (AvgIpc) is 3.53. The molecule has 0 amide bonds. The van der Waals surface area contributed by atoms with Crippen molar-refractivity contribution < 1.29 is 0 Å². The van der Waals surface area contributed by atoms with Gasteiger partial charge < -0.3 is 10.6 Å². The van der Waals surface area contributed by atoms with Crippen LogP contribution in [-0.2, 0) is 5.41 Å². The molecule has 1 spiro atoms. The maximum atomic E-state index is 9.23. The van der Waals surface area contributed by atoms with Crippen molar-refractivity contribution in [3.8, 4) is 23.0 Å². The number of nitrogens with two attached hydrogens (primary N) is 1. The quantitative estimate of drug-likeness (QED) is 0.527. The minimum atomic E-state index is -0.0324. The van der Waals surface area contributed by atoms with E-state index in [1.165, 1.54) is 0 Å². The number of fused-ring (bicyclic) bond motifs is 4. The van der Waals surface area contributed by atoms with E-state index < -0.39 is 0 Å². The maximum Gasteiger partial charge on any atom is 0.145 e. The monoisotopic (exact) mass is 420 g/mol. The lowest BCUT2D eigenvalue weighted by Gasteiger charge is -2.28. The van der Waals surface area contributed by atoms with Gasteiger partial charge in [-0.25, -0.2) is 4.98 Å². The minimum absolute atomic E-state index is 0.0324. The second kappa shape index (κ2) is 6.62. The van der Waals surface area contributed by atoms with Crippen molar-refractivity contribution in [3.63, 3.8) is 0 Å². The Bertz CT molecular complexity index is 1380. The van der Waals surface area contributed by atoms with Gasteiger partial charge >= 0.3 is 0 Å². The summed E-state index contributed by atoms with van der Waals surface area (Å²) in [4.78, 5) is 11.0. The Morgan fingerprint density at radius 1 is 1.00 bits per heavy atom. The Kier molecular flexibility index (Phi) is 3.83. The van der Waals surface area contributed by atoms with Crippen molar-refractivity contribution in [3.05, 3.63) is 72.1 Å². The molecule has 6 rings (SSSR count). The number of rotatable bonds is 2. The van der Waals surface area contributed by atoms with Gasteiger partial charge in [-0.3, -0.25) is 9.55 Å². The smallest absolute Gasteiger partial charge is 0.145 e. The van der Waals surface area contributed by atoms with E-state index >= 15 is 0 Å². The standard InChI is InChI=1S/C24H20N8/c1-15-29-30-23-24(8-9-24)14-31(18-5-2-16(11-25)3-6-18)21-10-17(4-7-20(21)32(15)23)19-12-28-22(26)13-27-19/h2-7,10,12-13H,8-9,14H2,1H3,(H2,26,28). The van der Waals surface area contributed by atoms with Crippen molar-refractivity contribution >= 4 is 17.2 Å². The number of aromatic nitrogens is 5. The van der Waals surface area contributed by atoms with E-state index in [9.17, 15) is 5.26 Å². The Balaban J connectivity index is 1.58. The Morgan fingerprint density at radius 2 is 1.81 bits per heavy atom. The number of benzene rings is 2. The molecule has 0 radical (unpaired) electrons. The maximum absolute atomic E-state index is 9.23. The van der Waals surface area contributed by atoms with Gasteiger partial charge in [-0.2, -0.15) is 5.26 Å². The van der Waals surface area contributed by atoms with Crippen molar-refractivity contribution in [1.29, 1.82) is 5.26 Å². The van der Waals surface area contributed by atoms with Gasteiger partial charge in [-0.1, -0.05) is 6.07 Å². The molecule has 1 aliphatic carbocycles. The van der Waals surface area contributed by atoms with Crippen molar-refractivity contribution in [1.82, 2.24) is 24.7 Å². The predicted molar refractivity (Wildman–Crippen MR) is 121 cm³/mol. The fraction of sp³-hybridized carbons (Fsp3) is 0.208. The highest BCUT2D eigenvalue weighted by Gasteiger charge is 2.52. The summed E-state index contributed by atoms with van der Waals surface area (Å²) in [6.07, 6.45) is 5.41. The van der Waals surface area contributed by atoms with Crippen LogP contribution < -0.4 is 10.6 Å². The first-order valence-corrected chi connectivity index (χ1v) is 10.5. The predicted octanol–water partition coefficient (Wildman–Crippen LogP) is 3.67. The first-order chi connectivity index (χ1) is 15.6. The van der Waals surface area contributed by atoms with Crippen molar-refractivity contribution in [2.24, 2.45) is 0 Å². The molecule has 156 valence electrons. The molecular formula is C24H20N8. The van der Waals surface area contributed by atoms with E-state index in [1.807, 2.05) is 37.3 Å². The molecule has 2 N–H and O–H groups in total. The molecule has 0 bridgehead atoms. The van der Waals surface area contributed by atoms with Crippen LogP contribution in [0.5, 0.6) is 0 Å². The number of anilines is 3. The molecular weight excluding hydrogens is 400 g/mol. The minimum Gasteiger partial charge on any atom is -0.382 e. The zero-order valence-corrected chi connectivity index (χ0v) is 17.5. The molecule has 4 aromatic rings. The van der Waals surface area contributed by atoms with Crippen molar-refractivity contribution in [2.45, 2.75) is 25.2 Å². The summed E-state index contributed by atoms with van der Waals surface area (Å²) >= 11 is 0. The molecule has 1 saturated carbocycles. The fourth-order valence-corrected chi connectivity index (χ4v) is 4.51. The molecule has 8 heteroatoms. The summed E-state index contributed by atoms with van der Waals surface area (Å²) in [7, 11) is 0. The van der Waals surface area contributed by atoms with E-state index in [1.54, 1.807) is 12.4 Å². The highest BCUT2D eigenvalue weighted by molar-refractivity contribution is 5.79. The van der Waals surface area contributed by atoms with Crippen LogP contribution in [0.2, 0.25) is 0 Å². The molecule has 0 saturated heterocycles. The van der Waals surface area contributed by atoms with Crippen LogP contribution in [0.1, 0.15) is 30.1 Å². The van der Waals surface area contributed by atoms with Crippen LogP contribution in [0.15, 0.2) is 54.9 Å². The lowest BCUT2D eigenvalue weighted by Crippen LogP contribution is -2.28. The van der Waals surface area contributed by atoms with Gasteiger partial charge in [-0.05, 0) is 56.2 Å². The SMILES string of the molecule is Cc1nnc2n1-c1ccc(-c3cnc(N)cn3)cc1N(c1ccc(C#N)cc1)CC21CC1. The van der Waals surface area contributed by atoms with E-state index in [-0.39, 0.29) is 5.41 Å². The van der Waals surface area contributed by atoms with E-state index in [4.69, 9.17) is 5.73 Å². The highest BCUT2D eigenvalue weighted by atomic mass is 15.3. The average molecular weight is 420 g/mol. The van der Waals surface area contributed by atoms with Gasteiger partial charge in [0.25, 0.3) is 0 Å². The summed E-state index contributed by atoms with van der Waals surface area (Å²) in [5, 5.41) is 18.2. The molecule has 3 heterocycles. The lowest BCUT2D eigenvalue weighted by atomic mass is 10.0. The third-order valence-corrected chi connectivity index (χ3v) is 6.40. The van der Waals surface area contributed by atoms with Crippen LogP contribution in [0.3, 0.4) is 0 Å². The third kappa shape index (κ3) is 2.75. The highest BCUT2D eigenvalue weighted by Crippen LogP contribution is 2.53. The van der Waals surface area contributed by atoms with E-state index in [0.29, 0.717) is 11.4 Å². The molecule has 0 atom stereocenters. The number of hydrogen-bond donors (Lipinski definition) is 1. The van der Waals surface area contributed by atoms with Crippen LogP contribution in [0.4, 0.5) is 17.2 Å². The van der Waals surface area contributed by atoms with Gasteiger partial charge in [0.2, 0.25) is 0 Å². The van der Waals surface area contributed by atoms with Gasteiger partial charge in [0.15, 0.2) is 0 Å². The fourth-order valence-electron chi connectivity index (χ4n) is 4.51. The van der Waals surface area contributed by atoms with E-state index in [2.05, 4.69) is 47.8 Å². The number of hydrogen-bond acceptors (Lipinski definition) is 7. The summed E-state index contributed by atoms with van der Waals surface area (Å²) < 4.78 is 2.18. The first kappa shape index (κ1) is 18.5. The second-order valence-electron chi connectivity index (χ2n) is 8.46. The number of aryl methyl sites for hydroxylation is 1. The van der Waals surface area contributed by atoms with Gasteiger partial charge in [0, 0.05) is 23.2 Å². The molecule has 2 aromatic heterocycles. The zero-order chi connectivity index (χ0) is 21.9. The van der Waals surface area contributed by atoms with E-state index in [0.717, 1.165) is 59.4 Å². The first-order valence-electron chi connectivity index (χ1n) is 10.5. The number of nitrogens with zero attached hydrogens (tertiary/aromatic N) is 7. The van der Waals surface area contributed by atoms with Crippen LogP contribution in [0.25, 0.3) is 16.9 Å². The summed E-state index contributed by atoms with van der Waals surface area (Å²) in [5.41, 5.74) is 11.2. The zero-order valence-electron chi connectivity index (χ0n) is 17.5. The Morgan fingerprint density at radius 3 is 2.50 bits per heavy atom. The van der Waals surface area contributed by atoms with Gasteiger partial charge in [0.1, 0.15) is 17.5 Å². The lowest BCUT2D eigenvalue weighted by molar-refractivity contribution is 0.635. The topological polar surface area (TPSA) is 110 Å². The van der Waals surface area contributed by atoms with Gasteiger partial charge in [-0.15, -0.1) is 10.2 Å². The molecule has 2 aliphatic rings. The molecule has 2 aromatic carbocycles. The molecule has 32 heavy (non-hydrogen) atoms. The number of nitriles is 1. The second-order valence-corrected chi connectivity index (χ2v) is 8.46. The summed E-state index contributed by atoms with van der Waals surface area (Å²) in [6.45, 7) is 2.79. The normalized spacial score (nSPS) is 15.6. The molecule has 1 fully saturated rings. The van der Waals surface area contributed by atoms with Crippen LogP contribution in [-0.4, -0.2) is 31.3 Å². The van der Waals surface area contributed by atoms with Crippen LogP contribution in [0, 0.1) is 18.3 Å². The molecule has 0 unspecified atom stereocenters. The summed E-state index contributed by atoms with van der Waals surface area (Å²) in [5.74, 6) is 2.28. The largest absolute Gasteiger partial charge is 0.382 e. The molecule has 1 aliphatic heterocycles. The third-order valence-electron chi connectivity index (χ3n) is 6.40. The number of nitrogen functional groups attached to an aromatic ring is 1. The Hall–Kier alpha value is -4.25. The van der Waals surface area contributed by atoms with Crippen molar-refractivity contribution in [2.75, 3.05) is 17.2 Å². The Labute approximate surface area is 185 Å². The molecule has 8 nitrogen and oxygen atoms in total. The van der Waals surface area contributed by atoms with Gasteiger partial charge in [0.05, 0.1) is 41.1 Å². The summed E-state index contributed by atoms with van der Waals surface area (Å²) in [6, 6.07) is 16.2. The van der Waals surface area contributed by atoms with Crippen LogP contribution >= 0.6 is 0 Å².